The summed E-state index contributed by atoms with van der Waals surface area (Å²) in [6, 6.07) is 6.91. The van der Waals surface area contributed by atoms with Crippen molar-refractivity contribution in [1.29, 1.82) is 0 Å². The fourth-order valence-corrected chi connectivity index (χ4v) is 1.48. The van der Waals surface area contributed by atoms with Crippen molar-refractivity contribution in [2.24, 2.45) is 0 Å². The predicted molar refractivity (Wildman–Crippen MR) is 53.4 cm³/mol. The van der Waals surface area contributed by atoms with Gasteiger partial charge in [-0.25, -0.2) is 0 Å². The maximum absolute atomic E-state index is 11.3. The van der Waals surface area contributed by atoms with Gasteiger partial charge in [-0.1, -0.05) is 6.07 Å². The summed E-state index contributed by atoms with van der Waals surface area (Å²) < 4.78 is 0. The first-order valence-corrected chi connectivity index (χ1v) is 4.28. The van der Waals surface area contributed by atoms with E-state index in [-0.39, 0.29) is 11.5 Å². The molecule has 0 spiro atoms. The van der Waals surface area contributed by atoms with Crippen molar-refractivity contribution in [1.82, 2.24) is 4.98 Å². The van der Waals surface area contributed by atoms with Gasteiger partial charge in [0.1, 0.15) is 5.75 Å². The fraction of sp³-hybridized carbons (Fsp3) is 0.0909. The molecule has 0 aliphatic carbocycles. The second-order valence-electron chi connectivity index (χ2n) is 3.09. The van der Waals surface area contributed by atoms with Gasteiger partial charge in [0.2, 0.25) is 0 Å². The van der Waals surface area contributed by atoms with Crippen molar-refractivity contribution in [3.63, 3.8) is 0 Å². The zero-order valence-electron chi connectivity index (χ0n) is 7.69. The lowest BCUT2D eigenvalue weighted by Gasteiger charge is -2.04. The zero-order valence-corrected chi connectivity index (χ0v) is 7.69. The number of Topliss-reactive ketones (excluding diaryl/α,β-unsaturated/α-hetero) is 1. The number of pyridine rings is 1. The highest BCUT2D eigenvalue weighted by Gasteiger charge is 2.11. The summed E-state index contributed by atoms with van der Waals surface area (Å²) >= 11 is 0. The SMILES string of the molecule is CC(=O)c1c(O)ccc2cccnc12. The molecule has 3 heteroatoms. The molecule has 14 heavy (non-hydrogen) atoms. The van der Waals surface area contributed by atoms with Crippen molar-refractivity contribution >= 4 is 16.7 Å². The summed E-state index contributed by atoms with van der Waals surface area (Å²) in [6.07, 6.45) is 1.61. The molecule has 0 amide bonds. The minimum Gasteiger partial charge on any atom is -0.507 e. The average molecular weight is 187 g/mol. The van der Waals surface area contributed by atoms with Gasteiger partial charge in [0.05, 0.1) is 11.1 Å². The molecule has 0 unspecified atom stereocenters. The van der Waals surface area contributed by atoms with Crippen LogP contribution in [-0.4, -0.2) is 15.9 Å². The van der Waals surface area contributed by atoms with E-state index in [1.165, 1.54) is 13.0 Å². The van der Waals surface area contributed by atoms with Gasteiger partial charge >= 0.3 is 0 Å². The van der Waals surface area contributed by atoms with Crippen LogP contribution in [0.2, 0.25) is 0 Å². The van der Waals surface area contributed by atoms with Gasteiger partial charge in [0.25, 0.3) is 0 Å². The predicted octanol–water partition coefficient (Wildman–Crippen LogP) is 2.14. The second-order valence-corrected chi connectivity index (χ2v) is 3.09. The highest BCUT2D eigenvalue weighted by molar-refractivity contribution is 6.07. The van der Waals surface area contributed by atoms with E-state index < -0.39 is 0 Å². The second kappa shape index (κ2) is 3.10. The number of benzene rings is 1. The summed E-state index contributed by atoms with van der Waals surface area (Å²) in [7, 11) is 0. The summed E-state index contributed by atoms with van der Waals surface area (Å²) in [5, 5.41) is 10.4. The standard InChI is InChI=1S/C11H9NO2/c1-7(13)10-9(14)5-4-8-3-2-6-12-11(8)10/h2-6,14H,1H3. The number of hydrogen-bond acceptors (Lipinski definition) is 3. The number of aromatic nitrogens is 1. The van der Waals surface area contributed by atoms with Crippen LogP contribution in [0.25, 0.3) is 10.9 Å². The Bertz CT molecular complexity index is 506. The maximum Gasteiger partial charge on any atom is 0.165 e. The molecule has 3 nitrogen and oxygen atoms in total. The van der Waals surface area contributed by atoms with E-state index in [4.69, 9.17) is 0 Å². The first-order valence-electron chi connectivity index (χ1n) is 4.28. The largest absolute Gasteiger partial charge is 0.507 e. The third-order valence-corrected chi connectivity index (χ3v) is 2.10. The van der Waals surface area contributed by atoms with Gasteiger partial charge in [0, 0.05) is 11.6 Å². The van der Waals surface area contributed by atoms with Crippen LogP contribution in [0, 0.1) is 0 Å². The Kier molecular flexibility index (Phi) is 1.93. The van der Waals surface area contributed by atoms with Gasteiger partial charge in [-0.3, -0.25) is 9.78 Å². The molecule has 1 aromatic heterocycles. The Hall–Kier alpha value is -1.90. The zero-order chi connectivity index (χ0) is 10.1. The summed E-state index contributed by atoms with van der Waals surface area (Å²) in [5.41, 5.74) is 0.850. The molecule has 0 radical (unpaired) electrons. The number of rotatable bonds is 1. The van der Waals surface area contributed by atoms with Gasteiger partial charge in [-0.15, -0.1) is 0 Å². The highest BCUT2D eigenvalue weighted by Crippen LogP contribution is 2.25. The van der Waals surface area contributed by atoms with E-state index in [0.29, 0.717) is 11.1 Å². The number of aromatic hydroxyl groups is 1. The molecule has 0 bridgehead atoms. The van der Waals surface area contributed by atoms with Crippen molar-refractivity contribution in [3.8, 4) is 5.75 Å². The first-order chi connectivity index (χ1) is 6.70. The number of carbonyl (C=O) groups excluding carboxylic acids is 1. The summed E-state index contributed by atoms with van der Waals surface area (Å²) in [4.78, 5) is 15.4. The smallest absolute Gasteiger partial charge is 0.165 e. The maximum atomic E-state index is 11.3. The lowest BCUT2D eigenvalue weighted by Crippen LogP contribution is -1.95. The number of fused-ring (bicyclic) bond motifs is 1. The number of hydrogen-bond donors (Lipinski definition) is 1. The van der Waals surface area contributed by atoms with Crippen molar-refractivity contribution in [3.05, 3.63) is 36.0 Å². The quantitative estimate of drug-likeness (QED) is 0.696. The van der Waals surface area contributed by atoms with Crippen LogP contribution in [0.15, 0.2) is 30.5 Å². The molecular formula is C11H9NO2. The molecule has 0 atom stereocenters. The molecule has 2 rings (SSSR count). The van der Waals surface area contributed by atoms with Crippen LogP contribution in [0.1, 0.15) is 17.3 Å². The molecule has 0 aliphatic rings. The number of ketones is 1. The van der Waals surface area contributed by atoms with Gasteiger partial charge < -0.3 is 5.11 Å². The molecular weight excluding hydrogens is 178 g/mol. The number of phenols is 1. The van der Waals surface area contributed by atoms with Gasteiger partial charge in [-0.2, -0.15) is 0 Å². The Morgan fingerprint density at radius 3 is 2.86 bits per heavy atom. The molecule has 0 fully saturated rings. The number of carbonyl (C=O) groups is 1. The number of nitrogens with zero attached hydrogens (tertiary/aromatic N) is 1. The topological polar surface area (TPSA) is 50.2 Å². The fourth-order valence-electron chi connectivity index (χ4n) is 1.48. The van der Waals surface area contributed by atoms with E-state index in [0.717, 1.165) is 5.39 Å². The van der Waals surface area contributed by atoms with Crippen LogP contribution in [0.5, 0.6) is 5.75 Å². The van der Waals surface area contributed by atoms with E-state index in [9.17, 15) is 9.90 Å². The lowest BCUT2D eigenvalue weighted by molar-refractivity contribution is 0.101. The molecule has 70 valence electrons. The van der Waals surface area contributed by atoms with E-state index in [1.807, 2.05) is 6.07 Å². The van der Waals surface area contributed by atoms with Crippen molar-refractivity contribution in [2.75, 3.05) is 0 Å². The summed E-state index contributed by atoms with van der Waals surface area (Å²) in [5.74, 6) is -0.185. The molecule has 1 N–H and O–H groups in total. The Morgan fingerprint density at radius 1 is 1.36 bits per heavy atom. The van der Waals surface area contributed by atoms with E-state index in [2.05, 4.69) is 4.98 Å². The molecule has 0 aliphatic heterocycles. The lowest BCUT2D eigenvalue weighted by atomic mass is 10.1. The molecule has 0 saturated heterocycles. The molecule has 0 saturated carbocycles. The highest BCUT2D eigenvalue weighted by atomic mass is 16.3. The molecule has 1 heterocycles. The Labute approximate surface area is 81.0 Å². The van der Waals surface area contributed by atoms with Gasteiger partial charge in [0.15, 0.2) is 5.78 Å². The monoisotopic (exact) mass is 187 g/mol. The normalized spacial score (nSPS) is 10.4. The van der Waals surface area contributed by atoms with Gasteiger partial charge in [-0.05, 0) is 25.1 Å². The third kappa shape index (κ3) is 1.23. The first kappa shape index (κ1) is 8.69. The van der Waals surface area contributed by atoms with E-state index in [1.54, 1.807) is 18.3 Å². The number of phenolic OH excluding ortho intramolecular Hbond substituents is 1. The minimum atomic E-state index is -0.174. The van der Waals surface area contributed by atoms with Crippen LogP contribution in [0.3, 0.4) is 0 Å². The summed E-state index contributed by atoms with van der Waals surface area (Å²) in [6.45, 7) is 1.42. The Balaban J connectivity index is 2.90. The Morgan fingerprint density at radius 2 is 2.14 bits per heavy atom. The average Bonchev–Trinajstić information content (AvgIpc) is 2.17. The molecule has 1 aromatic carbocycles. The molecule has 2 aromatic rings. The minimum absolute atomic E-state index is 0.0105. The van der Waals surface area contributed by atoms with E-state index >= 15 is 0 Å². The third-order valence-electron chi connectivity index (χ3n) is 2.10. The van der Waals surface area contributed by atoms with Crippen molar-refractivity contribution in [2.45, 2.75) is 6.92 Å². The van der Waals surface area contributed by atoms with Crippen molar-refractivity contribution < 1.29 is 9.90 Å². The van der Waals surface area contributed by atoms with Crippen LogP contribution in [-0.2, 0) is 0 Å². The van der Waals surface area contributed by atoms with Crippen LogP contribution < -0.4 is 0 Å². The van der Waals surface area contributed by atoms with Crippen LogP contribution in [0.4, 0.5) is 0 Å². The van der Waals surface area contributed by atoms with Crippen LogP contribution >= 0.6 is 0 Å².